The number of carbonyl (C=O) groups excluding carboxylic acids is 2. The lowest BCUT2D eigenvalue weighted by atomic mass is 10.1. The lowest BCUT2D eigenvalue weighted by molar-refractivity contribution is -0.115. The average molecular weight is 307 g/mol. The lowest BCUT2D eigenvalue weighted by Crippen LogP contribution is -2.40. The minimum absolute atomic E-state index is 0.0953. The van der Waals surface area contributed by atoms with E-state index in [1.54, 1.807) is 18.2 Å². The minimum atomic E-state index is -0.346. The summed E-state index contributed by atoms with van der Waals surface area (Å²) in [6, 6.07) is 4.78. The minimum Gasteiger partial charge on any atom is -0.454 e. The van der Waals surface area contributed by atoms with E-state index < -0.39 is 0 Å². The number of rotatable bonds is 6. The molecule has 7 nitrogen and oxygen atoms in total. The van der Waals surface area contributed by atoms with Crippen molar-refractivity contribution in [1.82, 2.24) is 10.6 Å². The number of fused-ring (bicyclic) bond motifs is 1. The maximum atomic E-state index is 11.8. The predicted molar refractivity (Wildman–Crippen MR) is 82.1 cm³/mol. The van der Waals surface area contributed by atoms with Gasteiger partial charge in [-0.1, -0.05) is 13.8 Å². The van der Waals surface area contributed by atoms with E-state index in [4.69, 9.17) is 9.47 Å². The van der Waals surface area contributed by atoms with Crippen molar-refractivity contribution in [2.45, 2.75) is 20.3 Å². The van der Waals surface area contributed by atoms with Crippen LogP contribution in [0.3, 0.4) is 0 Å². The van der Waals surface area contributed by atoms with Gasteiger partial charge in [-0.05, 0) is 24.5 Å². The number of hydrogen-bond donors (Lipinski definition) is 3. The molecule has 7 heteroatoms. The molecule has 22 heavy (non-hydrogen) atoms. The number of nitrogens with one attached hydrogen (secondary N) is 3. The Morgan fingerprint density at radius 1 is 1.18 bits per heavy atom. The molecule has 0 fully saturated rings. The molecule has 0 aromatic heterocycles. The van der Waals surface area contributed by atoms with Crippen molar-refractivity contribution in [3.63, 3.8) is 0 Å². The van der Waals surface area contributed by atoms with Gasteiger partial charge in [-0.2, -0.15) is 0 Å². The molecular weight excluding hydrogens is 286 g/mol. The second-order valence-electron chi connectivity index (χ2n) is 5.41. The molecule has 0 radical (unpaired) electrons. The zero-order chi connectivity index (χ0) is 15.9. The first-order chi connectivity index (χ1) is 10.5. The van der Waals surface area contributed by atoms with Crippen molar-refractivity contribution in [1.29, 1.82) is 0 Å². The number of urea groups is 1. The van der Waals surface area contributed by atoms with E-state index in [0.29, 0.717) is 29.6 Å². The summed E-state index contributed by atoms with van der Waals surface area (Å²) in [7, 11) is 0. The molecule has 0 atom stereocenters. The predicted octanol–water partition coefficient (Wildman–Crippen LogP) is 1.70. The summed E-state index contributed by atoms with van der Waals surface area (Å²) >= 11 is 0. The first kappa shape index (κ1) is 15.9. The van der Waals surface area contributed by atoms with E-state index in [-0.39, 0.29) is 25.3 Å². The van der Waals surface area contributed by atoms with Crippen LogP contribution in [0.2, 0.25) is 0 Å². The summed E-state index contributed by atoms with van der Waals surface area (Å²) in [5.41, 5.74) is 0.594. The number of carbonyl (C=O) groups is 2. The van der Waals surface area contributed by atoms with E-state index in [9.17, 15) is 9.59 Å². The Labute approximate surface area is 129 Å². The summed E-state index contributed by atoms with van der Waals surface area (Å²) in [5.74, 6) is 1.46. The normalized spacial score (nSPS) is 12.1. The standard InChI is InChI=1S/C15H21N3O4/c1-10(2)5-6-16-15(20)17-8-14(19)18-11-3-4-12-13(7-11)22-9-21-12/h3-4,7,10H,5-6,8-9H2,1-2H3,(H,18,19)(H2,16,17,20). The monoisotopic (exact) mass is 307 g/mol. The van der Waals surface area contributed by atoms with Crippen molar-refractivity contribution in [2.75, 3.05) is 25.2 Å². The Hall–Kier alpha value is -2.44. The molecule has 3 amide bonds. The molecule has 1 aliphatic rings. The number of hydrogen-bond acceptors (Lipinski definition) is 4. The van der Waals surface area contributed by atoms with Crippen LogP contribution in [-0.2, 0) is 4.79 Å². The molecule has 120 valence electrons. The third-order valence-corrected chi connectivity index (χ3v) is 3.07. The maximum absolute atomic E-state index is 11.8. The number of benzene rings is 1. The van der Waals surface area contributed by atoms with Crippen LogP contribution in [0.25, 0.3) is 0 Å². The van der Waals surface area contributed by atoms with Crippen LogP contribution in [0.1, 0.15) is 20.3 Å². The molecule has 1 aromatic rings. The molecule has 0 saturated heterocycles. The molecule has 2 rings (SSSR count). The van der Waals surface area contributed by atoms with Gasteiger partial charge in [0.1, 0.15) is 0 Å². The van der Waals surface area contributed by atoms with Crippen LogP contribution in [0.4, 0.5) is 10.5 Å². The van der Waals surface area contributed by atoms with Crippen LogP contribution >= 0.6 is 0 Å². The van der Waals surface area contributed by atoms with E-state index in [0.717, 1.165) is 6.42 Å². The highest BCUT2D eigenvalue weighted by Crippen LogP contribution is 2.34. The number of amides is 3. The van der Waals surface area contributed by atoms with Gasteiger partial charge in [0.15, 0.2) is 11.5 Å². The Kier molecular flexibility index (Phi) is 5.46. The summed E-state index contributed by atoms with van der Waals surface area (Å²) in [5, 5.41) is 7.90. The zero-order valence-corrected chi connectivity index (χ0v) is 12.8. The fourth-order valence-corrected chi connectivity index (χ4v) is 1.88. The Morgan fingerprint density at radius 2 is 1.95 bits per heavy atom. The molecule has 0 saturated carbocycles. The van der Waals surface area contributed by atoms with Gasteiger partial charge in [-0.3, -0.25) is 4.79 Å². The highest BCUT2D eigenvalue weighted by Gasteiger charge is 2.14. The first-order valence-electron chi connectivity index (χ1n) is 7.26. The second kappa shape index (κ2) is 7.53. The van der Waals surface area contributed by atoms with E-state index in [1.807, 2.05) is 0 Å². The van der Waals surface area contributed by atoms with Gasteiger partial charge in [-0.25, -0.2) is 4.79 Å². The second-order valence-corrected chi connectivity index (χ2v) is 5.41. The fraction of sp³-hybridized carbons (Fsp3) is 0.467. The van der Waals surface area contributed by atoms with Crippen molar-refractivity contribution in [2.24, 2.45) is 5.92 Å². The van der Waals surface area contributed by atoms with Crippen molar-refractivity contribution < 1.29 is 19.1 Å². The van der Waals surface area contributed by atoms with Crippen LogP contribution in [0, 0.1) is 5.92 Å². The molecule has 0 spiro atoms. The SMILES string of the molecule is CC(C)CCNC(=O)NCC(=O)Nc1ccc2c(c1)OCO2. The van der Waals surface area contributed by atoms with E-state index in [2.05, 4.69) is 29.8 Å². The molecule has 1 aromatic carbocycles. The van der Waals surface area contributed by atoms with Crippen molar-refractivity contribution in [3.05, 3.63) is 18.2 Å². The largest absolute Gasteiger partial charge is 0.454 e. The lowest BCUT2D eigenvalue weighted by Gasteiger charge is -2.09. The zero-order valence-electron chi connectivity index (χ0n) is 12.8. The molecule has 0 bridgehead atoms. The number of ether oxygens (including phenoxy) is 2. The Balaban J connectivity index is 1.70. The Morgan fingerprint density at radius 3 is 2.73 bits per heavy atom. The van der Waals surface area contributed by atoms with Gasteiger partial charge in [0.2, 0.25) is 12.7 Å². The molecule has 3 N–H and O–H groups in total. The van der Waals surface area contributed by atoms with Gasteiger partial charge in [0.05, 0.1) is 6.54 Å². The van der Waals surface area contributed by atoms with Gasteiger partial charge in [0, 0.05) is 18.3 Å². The highest BCUT2D eigenvalue weighted by atomic mass is 16.7. The van der Waals surface area contributed by atoms with Crippen molar-refractivity contribution >= 4 is 17.6 Å². The van der Waals surface area contributed by atoms with E-state index in [1.165, 1.54) is 0 Å². The quantitative estimate of drug-likeness (QED) is 0.746. The summed E-state index contributed by atoms with van der Waals surface area (Å²) in [4.78, 5) is 23.3. The molecule has 1 heterocycles. The topological polar surface area (TPSA) is 88.7 Å². The smallest absolute Gasteiger partial charge is 0.315 e. The highest BCUT2D eigenvalue weighted by molar-refractivity contribution is 5.94. The number of anilines is 1. The van der Waals surface area contributed by atoms with Crippen molar-refractivity contribution in [3.8, 4) is 11.5 Å². The van der Waals surface area contributed by atoms with Gasteiger partial charge >= 0.3 is 6.03 Å². The third-order valence-electron chi connectivity index (χ3n) is 3.07. The summed E-state index contributed by atoms with van der Waals surface area (Å²) in [6.07, 6.45) is 0.900. The molecular formula is C15H21N3O4. The fourth-order valence-electron chi connectivity index (χ4n) is 1.88. The van der Waals surface area contributed by atoms with Crippen LogP contribution < -0.4 is 25.4 Å². The average Bonchev–Trinajstić information content (AvgIpc) is 2.92. The van der Waals surface area contributed by atoms with Crippen LogP contribution in [0.15, 0.2) is 18.2 Å². The van der Waals surface area contributed by atoms with Gasteiger partial charge in [0.25, 0.3) is 0 Å². The molecule has 0 aliphatic carbocycles. The van der Waals surface area contributed by atoms with Crippen LogP contribution in [0.5, 0.6) is 11.5 Å². The summed E-state index contributed by atoms with van der Waals surface area (Å²) in [6.45, 7) is 4.84. The van der Waals surface area contributed by atoms with Gasteiger partial charge in [-0.15, -0.1) is 0 Å². The maximum Gasteiger partial charge on any atom is 0.315 e. The molecule has 0 unspecified atom stereocenters. The summed E-state index contributed by atoms with van der Waals surface area (Å²) < 4.78 is 10.4. The van der Waals surface area contributed by atoms with Crippen LogP contribution in [-0.4, -0.2) is 31.8 Å². The molecule has 1 aliphatic heterocycles. The Bertz CT molecular complexity index is 546. The van der Waals surface area contributed by atoms with Gasteiger partial charge < -0.3 is 25.4 Å². The third kappa shape index (κ3) is 4.83. The van der Waals surface area contributed by atoms with E-state index >= 15 is 0 Å². The first-order valence-corrected chi connectivity index (χ1v) is 7.26.